The lowest BCUT2D eigenvalue weighted by Crippen LogP contribution is -2.46. The average Bonchev–Trinajstić information content (AvgIpc) is 3.03. The van der Waals surface area contributed by atoms with E-state index in [1.807, 2.05) is 33.7 Å². The van der Waals surface area contributed by atoms with Crippen molar-refractivity contribution < 1.29 is 9.59 Å². The van der Waals surface area contributed by atoms with Gasteiger partial charge in [-0.15, -0.1) is 0 Å². The first-order valence-corrected chi connectivity index (χ1v) is 9.99. The van der Waals surface area contributed by atoms with Crippen molar-refractivity contribution >= 4 is 22.8 Å². The van der Waals surface area contributed by atoms with Gasteiger partial charge in [-0.1, -0.05) is 32.6 Å². The highest BCUT2D eigenvalue weighted by Crippen LogP contribution is 2.19. The molecule has 28 heavy (non-hydrogen) atoms. The van der Waals surface area contributed by atoms with Gasteiger partial charge in [-0.05, 0) is 45.7 Å². The molecule has 0 saturated heterocycles. The molecule has 1 N–H and O–H groups in total. The lowest BCUT2D eigenvalue weighted by atomic mass is 10.1. The van der Waals surface area contributed by atoms with Crippen LogP contribution in [0.4, 0.5) is 0 Å². The third-order valence-electron chi connectivity index (χ3n) is 5.24. The highest BCUT2D eigenvalue weighted by atomic mass is 16.2. The lowest BCUT2D eigenvalue weighted by Gasteiger charge is -2.34. The summed E-state index contributed by atoms with van der Waals surface area (Å²) in [6, 6.07) is 8.07. The molecule has 0 aliphatic carbocycles. The molecule has 0 saturated carbocycles. The molecule has 2 aromatic rings. The summed E-state index contributed by atoms with van der Waals surface area (Å²) in [5.74, 6) is 0.516. The van der Waals surface area contributed by atoms with Crippen LogP contribution in [0.5, 0.6) is 0 Å². The van der Waals surface area contributed by atoms with Gasteiger partial charge in [0.25, 0.3) is 0 Å². The van der Waals surface area contributed by atoms with E-state index in [2.05, 4.69) is 44.6 Å². The van der Waals surface area contributed by atoms with E-state index in [-0.39, 0.29) is 37.0 Å². The molecule has 1 heterocycles. The second-order valence-corrected chi connectivity index (χ2v) is 7.38. The van der Waals surface area contributed by atoms with Gasteiger partial charge in [0.1, 0.15) is 12.4 Å². The maximum atomic E-state index is 13.2. The molecule has 6 nitrogen and oxygen atoms in total. The summed E-state index contributed by atoms with van der Waals surface area (Å²) in [5.41, 5.74) is 2.15. The Morgan fingerprint density at radius 2 is 1.79 bits per heavy atom. The Balaban J connectivity index is 2.35. The summed E-state index contributed by atoms with van der Waals surface area (Å²) in [4.78, 5) is 31.7. The normalized spacial score (nSPS) is 13.2. The minimum atomic E-state index is -0.217. The monoisotopic (exact) mass is 384 g/mol. The van der Waals surface area contributed by atoms with Gasteiger partial charge in [-0.25, -0.2) is 4.98 Å². The highest BCUT2D eigenvalue weighted by molar-refractivity contribution is 5.92. The van der Waals surface area contributed by atoms with E-state index in [4.69, 9.17) is 0 Å². The van der Waals surface area contributed by atoms with Crippen LogP contribution in [0.15, 0.2) is 36.4 Å². The number of carbonyl (C=O) groups is 2. The fraction of sp³-hybridized carbons (Fsp3) is 0.500. The topological polar surface area (TPSA) is 67.2 Å². The molecular formula is C22H32N4O2. The van der Waals surface area contributed by atoms with Gasteiger partial charge < -0.3 is 14.8 Å². The largest absolute Gasteiger partial charge is 0.345 e. The molecule has 0 aliphatic heterocycles. The van der Waals surface area contributed by atoms with Gasteiger partial charge in [0.15, 0.2) is 0 Å². The Kier molecular flexibility index (Phi) is 7.38. The van der Waals surface area contributed by atoms with Gasteiger partial charge in [0, 0.05) is 17.7 Å². The zero-order valence-electron chi connectivity index (χ0n) is 17.7. The summed E-state index contributed by atoms with van der Waals surface area (Å²) in [6.45, 7) is 14.1. The van der Waals surface area contributed by atoms with Crippen LogP contribution in [0, 0.1) is 0 Å². The van der Waals surface area contributed by atoms with E-state index in [1.54, 1.807) is 6.92 Å². The predicted molar refractivity (Wildman–Crippen MR) is 113 cm³/mol. The zero-order valence-corrected chi connectivity index (χ0v) is 17.7. The van der Waals surface area contributed by atoms with Crippen molar-refractivity contribution in [3.8, 4) is 0 Å². The predicted octanol–water partition coefficient (Wildman–Crippen LogP) is 3.65. The Bertz CT molecular complexity index is 845. The second-order valence-electron chi connectivity index (χ2n) is 7.38. The first-order chi connectivity index (χ1) is 13.3. The molecule has 0 bridgehead atoms. The minimum absolute atomic E-state index is 0.0688. The number of imidazole rings is 1. The van der Waals surface area contributed by atoms with Crippen molar-refractivity contribution in [1.29, 1.82) is 0 Å². The molecule has 1 aromatic carbocycles. The second kappa shape index (κ2) is 9.53. The number of benzene rings is 1. The van der Waals surface area contributed by atoms with E-state index in [1.165, 1.54) is 0 Å². The van der Waals surface area contributed by atoms with Crippen LogP contribution in [-0.2, 0) is 22.7 Å². The first-order valence-electron chi connectivity index (χ1n) is 9.99. The molecule has 152 valence electrons. The lowest BCUT2D eigenvalue weighted by molar-refractivity contribution is -0.136. The standard InChI is InChI=1S/C22H32N4O2/c1-7-16(5)26(17(6)8-2)21(27)14-25-19-12-10-9-11-18(19)24-20(25)13-23-22(28)15(3)4/h9-12,16-17H,3,7-8,13-14H2,1-2,4-6H3,(H,23,28). The van der Waals surface area contributed by atoms with Crippen molar-refractivity contribution in [2.45, 2.75) is 72.6 Å². The maximum Gasteiger partial charge on any atom is 0.246 e. The van der Waals surface area contributed by atoms with Gasteiger partial charge in [0.05, 0.1) is 17.6 Å². The van der Waals surface area contributed by atoms with Crippen molar-refractivity contribution in [3.05, 3.63) is 42.2 Å². The number of rotatable bonds is 9. The molecule has 2 unspecified atom stereocenters. The molecule has 2 atom stereocenters. The van der Waals surface area contributed by atoms with Crippen molar-refractivity contribution in [1.82, 2.24) is 19.8 Å². The van der Waals surface area contributed by atoms with Crippen molar-refractivity contribution in [2.75, 3.05) is 0 Å². The van der Waals surface area contributed by atoms with Crippen molar-refractivity contribution in [2.24, 2.45) is 0 Å². The van der Waals surface area contributed by atoms with E-state index in [9.17, 15) is 9.59 Å². The number of nitrogens with zero attached hydrogens (tertiary/aromatic N) is 3. The smallest absolute Gasteiger partial charge is 0.246 e. The maximum absolute atomic E-state index is 13.2. The van der Waals surface area contributed by atoms with Crippen LogP contribution in [0.2, 0.25) is 0 Å². The first kappa shape index (κ1) is 21.7. The van der Waals surface area contributed by atoms with Crippen LogP contribution in [0.25, 0.3) is 11.0 Å². The Labute approximate surface area is 167 Å². The number of carbonyl (C=O) groups excluding carboxylic acids is 2. The number of amides is 2. The number of nitrogens with one attached hydrogen (secondary N) is 1. The van der Waals surface area contributed by atoms with Crippen LogP contribution >= 0.6 is 0 Å². The Hall–Kier alpha value is -2.63. The van der Waals surface area contributed by atoms with E-state index < -0.39 is 0 Å². The number of fused-ring (bicyclic) bond motifs is 1. The molecule has 0 aliphatic rings. The number of hydrogen-bond acceptors (Lipinski definition) is 3. The van der Waals surface area contributed by atoms with E-state index >= 15 is 0 Å². The zero-order chi connectivity index (χ0) is 20.8. The molecule has 1 aromatic heterocycles. The van der Waals surface area contributed by atoms with Gasteiger partial charge in [-0.2, -0.15) is 0 Å². The fourth-order valence-corrected chi connectivity index (χ4v) is 3.28. The molecule has 2 amide bonds. The Morgan fingerprint density at radius 3 is 2.36 bits per heavy atom. The van der Waals surface area contributed by atoms with Crippen LogP contribution < -0.4 is 5.32 Å². The van der Waals surface area contributed by atoms with Gasteiger partial charge in [-0.3, -0.25) is 9.59 Å². The third-order valence-corrected chi connectivity index (χ3v) is 5.24. The summed E-state index contributed by atoms with van der Waals surface area (Å²) in [5, 5.41) is 2.82. The SMILES string of the molecule is C=C(C)C(=O)NCc1nc2ccccc2n1CC(=O)N(C(C)CC)C(C)CC. The Morgan fingerprint density at radius 1 is 1.18 bits per heavy atom. The summed E-state index contributed by atoms with van der Waals surface area (Å²) >= 11 is 0. The molecule has 0 spiro atoms. The number of hydrogen-bond donors (Lipinski definition) is 1. The van der Waals surface area contributed by atoms with E-state index in [0.717, 1.165) is 23.9 Å². The van der Waals surface area contributed by atoms with Crippen LogP contribution in [-0.4, -0.2) is 38.3 Å². The summed E-state index contributed by atoms with van der Waals surface area (Å²) in [7, 11) is 0. The van der Waals surface area contributed by atoms with Crippen LogP contribution in [0.3, 0.4) is 0 Å². The minimum Gasteiger partial charge on any atom is -0.345 e. The molecule has 2 rings (SSSR count). The van der Waals surface area contributed by atoms with Crippen molar-refractivity contribution in [3.63, 3.8) is 0 Å². The molecular weight excluding hydrogens is 352 g/mol. The highest BCUT2D eigenvalue weighted by Gasteiger charge is 2.25. The quantitative estimate of drug-likeness (QED) is 0.671. The summed E-state index contributed by atoms with van der Waals surface area (Å²) in [6.07, 6.45) is 1.81. The number of aromatic nitrogens is 2. The number of para-hydroxylation sites is 2. The van der Waals surface area contributed by atoms with Crippen LogP contribution in [0.1, 0.15) is 53.3 Å². The van der Waals surface area contributed by atoms with Gasteiger partial charge >= 0.3 is 0 Å². The molecule has 0 fully saturated rings. The van der Waals surface area contributed by atoms with Gasteiger partial charge in [0.2, 0.25) is 11.8 Å². The molecule has 0 radical (unpaired) electrons. The average molecular weight is 385 g/mol. The van der Waals surface area contributed by atoms with E-state index in [0.29, 0.717) is 11.4 Å². The summed E-state index contributed by atoms with van der Waals surface area (Å²) < 4.78 is 1.91. The fourth-order valence-electron chi connectivity index (χ4n) is 3.28. The molecule has 6 heteroatoms. The third kappa shape index (κ3) is 4.80.